The number of anilines is 1. The lowest BCUT2D eigenvalue weighted by Crippen LogP contribution is -2.17. The van der Waals surface area contributed by atoms with Crippen molar-refractivity contribution in [2.75, 3.05) is 5.32 Å². The number of amides is 1. The number of benzene rings is 3. The lowest BCUT2D eigenvalue weighted by Gasteiger charge is -2.14. The van der Waals surface area contributed by atoms with Crippen molar-refractivity contribution >= 4 is 18.1 Å². The molecule has 0 saturated carbocycles. The van der Waals surface area contributed by atoms with E-state index in [-0.39, 0.29) is 23.3 Å². The van der Waals surface area contributed by atoms with Crippen LogP contribution in [-0.4, -0.2) is 12.4 Å². The number of nitrogens with one attached hydrogen (secondary N) is 1. The Morgan fingerprint density at radius 1 is 0.931 bits per heavy atom. The maximum Gasteiger partial charge on any atom is 0.298 e. The van der Waals surface area contributed by atoms with Crippen LogP contribution in [0.4, 0.5) is 23.2 Å². The van der Waals surface area contributed by atoms with Gasteiger partial charge in [0.25, 0.3) is 12.4 Å². The van der Waals surface area contributed by atoms with Gasteiger partial charge in [-0.15, -0.1) is 0 Å². The Hall–Kier alpha value is -3.68. The third-order valence-electron chi connectivity index (χ3n) is 4.12. The first-order valence-electron chi connectivity index (χ1n) is 8.28. The minimum atomic E-state index is -1.76. The number of hydrogen-bond donors (Lipinski definition) is 1. The molecule has 0 spiro atoms. The van der Waals surface area contributed by atoms with Gasteiger partial charge < -0.3 is 10.1 Å². The number of carbonyl (C=O) groups is 2. The molecule has 0 saturated heterocycles. The van der Waals surface area contributed by atoms with Crippen LogP contribution < -0.4 is 10.1 Å². The molecule has 1 amide bonds. The van der Waals surface area contributed by atoms with Crippen molar-refractivity contribution in [1.82, 2.24) is 0 Å². The van der Waals surface area contributed by atoms with E-state index in [0.29, 0.717) is 5.56 Å². The molecule has 0 atom stereocenters. The monoisotopic (exact) mass is 403 g/mol. The van der Waals surface area contributed by atoms with Gasteiger partial charge in [-0.25, -0.2) is 17.6 Å². The molecule has 0 aliphatic heterocycles. The highest BCUT2D eigenvalue weighted by molar-refractivity contribution is 6.06. The van der Waals surface area contributed by atoms with Crippen molar-refractivity contribution in [2.45, 2.75) is 6.92 Å². The topological polar surface area (TPSA) is 55.4 Å². The van der Waals surface area contributed by atoms with Crippen LogP contribution in [0.3, 0.4) is 0 Å². The van der Waals surface area contributed by atoms with Crippen LogP contribution >= 0.6 is 0 Å². The van der Waals surface area contributed by atoms with Crippen molar-refractivity contribution in [2.24, 2.45) is 0 Å². The summed E-state index contributed by atoms with van der Waals surface area (Å²) in [6.07, 6.45) is 0. The Morgan fingerprint density at radius 3 is 2.21 bits per heavy atom. The van der Waals surface area contributed by atoms with Gasteiger partial charge >= 0.3 is 0 Å². The van der Waals surface area contributed by atoms with Gasteiger partial charge in [-0.05, 0) is 24.6 Å². The molecule has 0 heterocycles. The Balaban J connectivity index is 2.06. The zero-order chi connectivity index (χ0) is 21.1. The molecule has 0 bridgehead atoms. The first-order valence-corrected chi connectivity index (χ1v) is 8.28. The summed E-state index contributed by atoms with van der Waals surface area (Å²) in [6, 6.07) is 11.1. The second-order valence-corrected chi connectivity index (χ2v) is 6.04. The van der Waals surface area contributed by atoms with Gasteiger partial charge in [0.2, 0.25) is 0 Å². The molecule has 0 unspecified atom stereocenters. The van der Waals surface area contributed by atoms with Crippen molar-refractivity contribution in [3.05, 3.63) is 82.9 Å². The van der Waals surface area contributed by atoms with Crippen LogP contribution in [0.2, 0.25) is 0 Å². The molecule has 0 aliphatic rings. The maximum absolute atomic E-state index is 14.6. The summed E-state index contributed by atoms with van der Waals surface area (Å²) in [7, 11) is 0. The first-order chi connectivity index (χ1) is 13.8. The molecule has 0 fully saturated rings. The third-order valence-corrected chi connectivity index (χ3v) is 4.12. The second-order valence-electron chi connectivity index (χ2n) is 6.04. The van der Waals surface area contributed by atoms with Crippen LogP contribution in [0, 0.1) is 30.2 Å². The molecule has 3 aromatic carbocycles. The van der Waals surface area contributed by atoms with E-state index in [4.69, 9.17) is 0 Å². The lowest BCUT2D eigenvalue weighted by molar-refractivity contribution is -0.120. The maximum atomic E-state index is 14.6. The molecule has 3 aromatic rings. The predicted molar refractivity (Wildman–Crippen MR) is 97.5 cm³/mol. The summed E-state index contributed by atoms with van der Waals surface area (Å²) in [6.45, 7) is 1.71. The standard InChI is InChI=1S/C21H13F4NO3/c1-11-5-4-6-12(9-11)15-16(22)18(24)20(19(25)17(15)23)26-21(28)13-7-2-3-8-14(13)29-10-27/h2-10H,1H3,(H,26,28). The van der Waals surface area contributed by atoms with Crippen molar-refractivity contribution in [3.8, 4) is 16.9 Å². The Labute approximate surface area is 162 Å². The average Bonchev–Trinajstić information content (AvgIpc) is 2.70. The summed E-state index contributed by atoms with van der Waals surface area (Å²) in [5, 5.41) is 1.80. The molecule has 3 rings (SSSR count). The second kappa shape index (κ2) is 8.14. The minimum absolute atomic E-state index is 0.0552. The van der Waals surface area contributed by atoms with Gasteiger partial charge in [0.05, 0.1) is 11.1 Å². The fourth-order valence-electron chi connectivity index (χ4n) is 2.79. The molecule has 0 radical (unpaired) electrons. The van der Waals surface area contributed by atoms with E-state index in [2.05, 4.69) is 4.74 Å². The molecule has 29 heavy (non-hydrogen) atoms. The molecule has 4 nitrogen and oxygen atoms in total. The van der Waals surface area contributed by atoms with Crippen LogP contribution in [0.1, 0.15) is 15.9 Å². The van der Waals surface area contributed by atoms with Crippen molar-refractivity contribution in [3.63, 3.8) is 0 Å². The molecule has 8 heteroatoms. The van der Waals surface area contributed by atoms with Gasteiger partial charge in [-0.3, -0.25) is 9.59 Å². The summed E-state index contributed by atoms with van der Waals surface area (Å²) in [4.78, 5) is 22.9. The van der Waals surface area contributed by atoms with E-state index in [1.807, 2.05) is 0 Å². The van der Waals surface area contributed by atoms with Gasteiger partial charge in [0, 0.05) is 0 Å². The highest BCUT2D eigenvalue weighted by Crippen LogP contribution is 2.35. The van der Waals surface area contributed by atoms with Crippen LogP contribution in [0.5, 0.6) is 5.75 Å². The highest BCUT2D eigenvalue weighted by Gasteiger charge is 2.28. The predicted octanol–water partition coefficient (Wildman–Crippen LogP) is 5.01. The molecular formula is C21H13F4NO3. The largest absolute Gasteiger partial charge is 0.428 e. The summed E-state index contributed by atoms with van der Waals surface area (Å²) in [5.74, 6) is -8.14. The highest BCUT2D eigenvalue weighted by atomic mass is 19.2. The third kappa shape index (κ3) is 3.82. The normalized spacial score (nSPS) is 10.5. The number of rotatable bonds is 5. The summed E-state index contributed by atoms with van der Waals surface area (Å²) in [5.41, 5.74) is -1.86. The van der Waals surface area contributed by atoms with Crippen LogP contribution in [0.25, 0.3) is 11.1 Å². The number of ether oxygens (including phenoxy) is 1. The quantitative estimate of drug-likeness (QED) is 0.370. The van der Waals surface area contributed by atoms with Crippen molar-refractivity contribution < 1.29 is 31.9 Å². The van der Waals surface area contributed by atoms with Crippen LogP contribution in [-0.2, 0) is 4.79 Å². The smallest absolute Gasteiger partial charge is 0.298 e. The molecule has 148 valence electrons. The minimum Gasteiger partial charge on any atom is -0.428 e. The first kappa shape index (κ1) is 20.1. The van der Waals surface area contributed by atoms with E-state index in [1.54, 1.807) is 18.3 Å². The molecule has 0 aromatic heterocycles. The van der Waals surface area contributed by atoms with E-state index in [9.17, 15) is 27.2 Å². The van der Waals surface area contributed by atoms with Gasteiger partial charge in [0.1, 0.15) is 11.4 Å². The van der Waals surface area contributed by atoms with Crippen LogP contribution in [0.15, 0.2) is 48.5 Å². The summed E-state index contributed by atoms with van der Waals surface area (Å²) < 4.78 is 62.8. The van der Waals surface area contributed by atoms with Gasteiger partial charge in [-0.2, -0.15) is 0 Å². The number of hydrogen-bond acceptors (Lipinski definition) is 3. The van der Waals surface area contributed by atoms with E-state index in [1.165, 1.54) is 42.5 Å². The van der Waals surface area contributed by atoms with Gasteiger partial charge in [-0.1, -0.05) is 42.0 Å². The molecular weight excluding hydrogens is 390 g/mol. The molecule has 0 aliphatic carbocycles. The number of carbonyl (C=O) groups excluding carboxylic acids is 2. The zero-order valence-electron chi connectivity index (χ0n) is 14.9. The fourth-order valence-corrected chi connectivity index (χ4v) is 2.79. The zero-order valence-corrected chi connectivity index (χ0v) is 14.9. The number of halogens is 4. The summed E-state index contributed by atoms with van der Waals surface area (Å²) >= 11 is 0. The van der Waals surface area contributed by atoms with Gasteiger partial charge in [0.15, 0.2) is 23.3 Å². The van der Waals surface area contributed by atoms with Crippen molar-refractivity contribution in [1.29, 1.82) is 0 Å². The lowest BCUT2D eigenvalue weighted by atomic mass is 10.0. The number of aryl methyl sites for hydroxylation is 1. The average molecular weight is 403 g/mol. The molecule has 1 N–H and O–H groups in total. The number of para-hydroxylation sites is 1. The van der Waals surface area contributed by atoms with E-state index in [0.717, 1.165) is 0 Å². The Kier molecular flexibility index (Phi) is 5.63. The SMILES string of the molecule is Cc1cccc(-c2c(F)c(F)c(NC(=O)c3ccccc3OC=O)c(F)c2F)c1. The fraction of sp³-hybridized carbons (Fsp3) is 0.0476. The van der Waals surface area contributed by atoms with E-state index >= 15 is 0 Å². The Morgan fingerprint density at radius 2 is 1.59 bits per heavy atom. The Bertz CT molecular complexity index is 1090. The van der Waals surface area contributed by atoms with E-state index < -0.39 is 40.4 Å².